The fourth-order valence-corrected chi connectivity index (χ4v) is 2.79. The number of hydrogen-bond donors (Lipinski definition) is 4. The number of aromatic nitrogens is 3. The number of rotatable bonds is 7. The van der Waals surface area contributed by atoms with Crippen molar-refractivity contribution >= 4 is 28.6 Å². The summed E-state index contributed by atoms with van der Waals surface area (Å²) in [4.78, 5) is 16.4. The SMILES string of the molecule is COCC(NC(=O)Nc1ncc2c(NC(C)C)n[nH]c2c1F)c1ccccc1. The van der Waals surface area contributed by atoms with Crippen molar-refractivity contribution in [3.05, 3.63) is 47.9 Å². The van der Waals surface area contributed by atoms with E-state index in [0.717, 1.165) is 5.56 Å². The number of ether oxygens (including phenoxy) is 1. The molecule has 2 amide bonds. The number of amides is 2. The van der Waals surface area contributed by atoms with E-state index in [0.29, 0.717) is 11.2 Å². The number of nitrogens with one attached hydrogen (secondary N) is 4. The molecule has 0 saturated carbocycles. The normalized spacial score (nSPS) is 12.2. The molecule has 2 aromatic heterocycles. The van der Waals surface area contributed by atoms with Crippen molar-refractivity contribution in [2.75, 3.05) is 24.4 Å². The molecule has 1 atom stereocenters. The van der Waals surface area contributed by atoms with Crippen LogP contribution in [0.4, 0.5) is 20.8 Å². The van der Waals surface area contributed by atoms with Crippen LogP contribution < -0.4 is 16.0 Å². The molecule has 0 bridgehead atoms. The second-order valence-corrected chi connectivity index (χ2v) is 6.60. The van der Waals surface area contributed by atoms with Crippen LogP contribution in [0.3, 0.4) is 0 Å². The summed E-state index contributed by atoms with van der Waals surface area (Å²) in [5.41, 5.74) is 1.05. The Hall–Kier alpha value is -3.20. The first kappa shape index (κ1) is 19.6. The molecule has 0 aliphatic heterocycles. The number of halogens is 1. The third-order valence-electron chi connectivity index (χ3n) is 4.05. The van der Waals surface area contributed by atoms with Crippen molar-refractivity contribution in [2.24, 2.45) is 0 Å². The summed E-state index contributed by atoms with van der Waals surface area (Å²) in [7, 11) is 1.55. The molecule has 3 aromatic rings. The van der Waals surface area contributed by atoms with Gasteiger partial charge in [0.05, 0.1) is 18.0 Å². The third kappa shape index (κ3) is 4.37. The molecule has 28 heavy (non-hydrogen) atoms. The van der Waals surface area contributed by atoms with Gasteiger partial charge in [-0.15, -0.1) is 0 Å². The van der Waals surface area contributed by atoms with Crippen LogP contribution >= 0.6 is 0 Å². The third-order valence-corrected chi connectivity index (χ3v) is 4.05. The maximum absolute atomic E-state index is 14.8. The number of nitrogens with zero attached hydrogens (tertiary/aromatic N) is 2. The lowest BCUT2D eigenvalue weighted by atomic mass is 10.1. The van der Waals surface area contributed by atoms with Gasteiger partial charge in [-0.05, 0) is 19.4 Å². The van der Waals surface area contributed by atoms with Gasteiger partial charge in [-0.2, -0.15) is 5.10 Å². The summed E-state index contributed by atoms with van der Waals surface area (Å²) in [6.45, 7) is 4.18. The molecule has 0 aliphatic carbocycles. The first-order chi connectivity index (χ1) is 13.5. The predicted octanol–water partition coefficient (Wildman–Crippen LogP) is 3.43. The smallest absolute Gasteiger partial charge is 0.321 e. The highest BCUT2D eigenvalue weighted by molar-refractivity contribution is 5.94. The van der Waals surface area contributed by atoms with Gasteiger partial charge in [-0.1, -0.05) is 30.3 Å². The summed E-state index contributed by atoms with van der Waals surface area (Å²) >= 11 is 0. The van der Waals surface area contributed by atoms with E-state index >= 15 is 0 Å². The Morgan fingerprint density at radius 2 is 2.00 bits per heavy atom. The molecule has 8 nitrogen and oxygen atoms in total. The molecule has 1 aromatic carbocycles. The molecular formula is C19H23FN6O2. The van der Waals surface area contributed by atoms with Gasteiger partial charge in [0.2, 0.25) is 0 Å². The molecular weight excluding hydrogens is 363 g/mol. The minimum absolute atomic E-state index is 0.133. The highest BCUT2D eigenvalue weighted by Crippen LogP contribution is 2.26. The molecule has 2 heterocycles. The second kappa shape index (κ2) is 8.66. The highest BCUT2D eigenvalue weighted by Gasteiger charge is 2.19. The van der Waals surface area contributed by atoms with Gasteiger partial charge in [-0.25, -0.2) is 14.2 Å². The zero-order valence-corrected chi connectivity index (χ0v) is 15.9. The standard InChI is InChI=1S/C19H23FN6O2/c1-11(2)22-17-13-9-21-18(15(20)16(13)25-26-17)24-19(27)23-14(10-28-3)12-7-5-4-6-8-12/h4-9,11,14H,10H2,1-3H3,(H2,22,25,26)(H2,21,23,24,27). The number of anilines is 2. The number of carbonyl (C=O) groups excluding carboxylic acids is 1. The summed E-state index contributed by atoms with van der Waals surface area (Å²) in [6.07, 6.45) is 1.46. The Balaban J connectivity index is 1.76. The summed E-state index contributed by atoms with van der Waals surface area (Å²) in [5.74, 6) is -0.356. The van der Waals surface area contributed by atoms with E-state index in [-0.39, 0.29) is 30.0 Å². The fourth-order valence-electron chi connectivity index (χ4n) is 2.79. The average molecular weight is 386 g/mol. The van der Waals surface area contributed by atoms with Crippen LogP contribution in [-0.4, -0.2) is 41.0 Å². The zero-order chi connectivity index (χ0) is 20.1. The Kier molecular flexibility index (Phi) is 6.05. The van der Waals surface area contributed by atoms with Crippen molar-refractivity contribution in [3.8, 4) is 0 Å². The van der Waals surface area contributed by atoms with Gasteiger partial charge >= 0.3 is 6.03 Å². The number of hydrogen-bond acceptors (Lipinski definition) is 5. The van der Waals surface area contributed by atoms with Crippen molar-refractivity contribution in [1.29, 1.82) is 0 Å². The molecule has 1 unspecified atom stereocenters. The van der Waals surface area contributed by atoms with Gasteiger partial charge in [0.1, 0.15) is 5.52 Å². The van der Waals surface area contributed by atoms with Crippen LogP contribution in [0.25, 0.3) is 10.9 Å². The Morgan fingerprint density at radius 3 is 2.68 bits per heavy atom. The number of pyridine rings is 1. The fraction of sp³-hybridized carbons (Fsp3) is 0.316. The molecule has 0 radical (unpaired) electrons. The molecule has 4 N–H and O–H groups in total. The quantitative estimate of drug-likeness (QED) is 0.498. The first-order valence-corrected chi connectivity index (χ1v) is 8.90. The predicted molar refractivity (Wildman–Crippen MR) is 106 cm³/mol. The van der Waals surface area contributed by atoms with Crippen LogP contribution in [0.5, 0.6) is 0 Å². The number of aromatic amines is 1. The molecule has 0 spiro atoms. The Labute approximate surface area is 161 Å². The second-order valence-electron chi connectivity index (χ2n) is 6.60. The van der Waals surface area contributed by atoms with E-state index in [2.05, 4.69) is 31.1 Å². The van der Waals surface area contributed by atoms with Gasteiger partial charge in [-0.3, -0.25) is 10.4 Å². The molecule has 0 aliphatic rings. The van der Waals surface area contributed by atoms with Crippen LogP contribution in [0.1, 0.15) is 25.5 Å². The highest BCUT2D eigenvalue weighted by atomic mass is 19.1. The molecule has 3 rings (SSSR count). The summed E-state index contributed by atoms with van der Waals surface area (Å²) in [6, 6.07) is 8.54. The monoisotopic (exact) mass is 386 g/mol. The minimum Gasteiger partial charge on any atom is -0.382 e. The molecule has 148 valence electrons. The lowest BCUT2D eigenvalue weighted by Crippen LogP contribution is -2.35. The van der Waals surface area contributed by atoms with Crippen LogP contribution in [0.2, 0.25) is 0 Å². The molecule has 0 saturated heterocycles. The van der Waals surface area contributed by atoms with Crippen molar-refractivity contribution in [3.63, 3.8) is 0 Å². The number of methoxy groups -OCH3 is 1. The van der Waals surface area contributed by atoms with Gasteiger partial charge < -0.3 is 15.4 Å². The summed E-state index contributed by atoms with van der Waals surface area (Å²) < 4.78 is 19.9. The van der Waals surface area contributed by atoms with Gasteiger partial charge in [0.15, 0.2) is 17.5 Å². The van der Waals surface area contributed by atoms with Crippen molar-refractivity contribution in [1.82, 2.24) is 20.5 Å². The number of H-pyrrole nitrogens is 1. The number of benzene rings is 1. The maximum Gasteiger partial charge on any atom is 0.321 e. The number of fused-ring (bicyclic) bond motifs is 1. The molecule has 0 fully saturated rings. The number of urea groups is 1. The largest absolute Gasteiger partial charge is 0.382 e. The Bertz CT molecular complexity index is 944. The van der Waals surface area contributed by atoms with E-state index in [1.54, 1.807) is 7.11 Å². The van der Waals surface area contributed by atoms with Gasteiger partial charge in [0.25, 0.3) is 0 Å². The lowest BCUT2D eigenvalue weighted by molar-refractivity contribution is 0.168. The zero-order valence-electron chi connectivity index (χ0n) is 15.9. The lowest BCUT2D eigenvalue weighted by Gasteiger charge is -2.18. The van der Waals surface area contributed by atoms with Crippen LogP contribution in [0, 0.1) is 5.82 Å². The maximum atomic E-state index is 14.8. The van der Waals surface area contributed by atoms with Crippen molar-refractivity contribution < 1.29 is 13.9 Å². The first-order valence-electron chi connectivity index (χ1n) is 8.90. The van der Waals surface area contributed by atoms with Crippen LogP contribution in [0.15, 0.2) is 36.5 Å². The van der Waals surface area contributed by atoms with E-state index in [1.807, 2.05) is 44.2 Å². The van der Waals surface area contributed by atoms with E-state index in [1.165, 1.54) is 6.20 Å². The van der Waals surface area contributed by atoms with E-state index in [4.69, 9.17) is 4.74 Å². The van der Waals surface area contributed by atoms with E-state index < -0.39 is 11.8 Å². The van der Waals surface area contributed by atoms with E-state index in [9.17, 15) is 9.18 Å². The van der Waals surface area contributed by atoms with Gasteiger partial charge in [0, 0.05) is 19.3 Å². The number of carbonyl (C=O) groups is 1. The molecule has 9 heteroatoms. The van der Waals surface area contributed by atoms with Crippen molar-refractivity contribution in [2.45, 2.75) is 25.9 Å². The average Bonchev–Trinajstić information content (AvgIpc) is 3.07. The van der Waals surface area contributed by atoms with Crippen LogP contribution in [-0.2, 0) is 4.74 Å². The summed E-state index contributed by atoms with van der Waals surface area (Å²) in [5, 5.41) is 15.6. The topological polar surface area (TPSA) is 104 Å². The Morgan fingerprint density at radius 1 is 1.25 bits per heavy atom. The minimum atomic E-state index is -0.681.